The topological polar surface area (TPSA) is 72.9 Å². The second-order valence-corrected chi connectivity index (χ2v) is 9.85. The predicted molar refractivity (Wildman–Crippen MR) is 155 cm³/mol. The zero-order chi connectivity index (χ0) is 27.6. The molecule has 1 amide bonds. The molecule has 1 aromatic heterocycles. The third-order valence-corrected chi connectivity index (χ3v) is 6.85. The molecule has 0 fully saturated rings. The van der Waals surface area contributed by atoms with Gasteiger partial charge < -0.3 is 19.5 Å². The number of hydrogen-bond donors (Lipinski definition) is 1. The number of benzene rings is 3. The van der Waals surface area contributed by atoms with Crippen molar-refractivity contribution in [3.63, 3.8) is 0 Å². The van der Waals surface area contributed by atoms with E-state index in [0.717, 1.165) is 48.0 Å². The molecule has 0 spiro atoms. The summed E-state index contributed by atoms with van der Waals surface area (Å²) < 4.78 is 17.3. The van der Waals surface area contributed by atoms with E-state index in [4.69, 9.17) is 14.2 Å². The van der Waals surface area contributed by atoms with E-state index in [0.29, 0.717) is 38.3 Å². The van der Waals surface area contributed by atoms with Crippen LogP contribution in [0.15, 0.2) is 91.1 Å². The zero-order valence-electron chi connectivity index (χ0n) is 22.8. The molecule has 0 saturated heterocycles. The molecule has 0 aliphatic carbocycles. The maximum atomic E-state index is 13.1. The van der Waals surface area contributed by atoms with Gasteiger partial charge in [0.15, 0.2) is 0 Å². The standard InChI is InChI=1S/C33H35N3O4/c1-38-31-10-5-7-26(20-31)22-35-33(37)28-11-12-32-29(21-28)19-25-6-4-8-27(18-25)23-36(14-15-39-16-17-40-32)24-30-9-2-3-13-34-30/h2-13,18,20-21H,14-17,19,22-24H2,1H3,(H,35,37). The molecular weight excluding hydrogens is 502 g/mol. The van der Waals surface area contributed by atoms with Gasteiger partial charge in [0, 0.05) is 44.4 Å². The van der Waals surface area contributed by atoms with Gasteiger partial charge in [-0.15, -0.1) is 0 Å². The van der Waals surface area contributed by atoms with Gasteiger partial charge in [-0.25, -0.2) is 0 Å². The van der Waals surface area contributed by atoms with E-state index in [-0.39, 0.29) is 5.91 Å². The molecule has 3 aromatic carbocycles. The first-order valence-corrected chi connectivity index (χ1v) is 13.6. The number of carbonyl (C=O) groups excluding carboxylic acids is 1. The second-order valence-electron chi connectivity index (χ2n) is 9.85. The van der Waals surface area contributed by atoms with E-state index < -0.39 is 0 Å². The number of pyridine rings is 1. The first-order chi connectivity index (χ1) is 19.7. The van der Waals surface area contributed by atoms with Crippen molar-refractivity contribution in [1.29, 1.82) is 0 Å². The molecule has 7 nitrogen and oxygen atoms in total. The highest BCUT2D eigenvalue weighted by Crippen LogP contribution is 2.25. The molecule has 1 aliphatic rings. The van der Waals surface area contributed by atoms with Crippen molar-refractivity contribution in [2.24, 2.45) is 0 Å². The lowest BCUT2D eigenvalue weighted by Gasteiger charge is -2.23. The normalized spacial score (nSPS) is 14.3. The SMILES string of the molecule is COc1cccc(CNC(=O)c2ccc3c(c2)Cc2cccc(c2)CN(Cc2ccccn2)CCOCCO3)c1. The zero-order valence-corrected chi connectivity index (χ0v) is 22.8. The molecule has 1 aliphatic heterocycles. The molecule has 7 heteroatoms. The Balaban J connectivity index is 1.33. The molecule has 1 N–H and O–H groups in total. The van der Waals surface area contributed by atoms with Crippen molar-refractivity contribution in [3.8, 4) is 11.5 Å². The van der Waals surface area contributed by atoms with Gasteiger partial charge in [-0.05, 0) is 64.7 Å². The molecule has 206 valence electrons. The van der Waals surface area contributed by atoms with E-state index in [1.165, 1.54) is 11.1 Å². The van der Waals surface area contributed by atoms with Crippen molar-refractivity contribution >= 4 is 5.91 Å². The number of rotatable bonds is 6. The summed E-state index contributed by atoms with van der Waals surface area (Å²) in [5.74, 6) is 1.40. The van der Waals surface area contributed by atoms with Crippen LogP contribution in [0.25, 0.3) is 0 Å². The average Bonchev–Trinajstić information content (AvgIpc) is 2.98. The number of ether oxygens (including phenoxy) is 3. The quantitative estimate of drug-likeness (QED) is 0.372. The number of nitrogens with one attached hydrogen (secondary N) is 1. The van der Waals surface area contributed by atoms with Crippen molar-refractivity contribution in [3.05, 3.63) is 125 Å². The van der Waals surface area contributed by atoms with Crippen LogP contribution in [0.3, 0.4) is 0 Å². The second kappa shape index (κ2) is 13.7. The van der Waals surface area contributed by atoms with Crippen LogP contribution in [0.4, 0.5) is 0 Å². The summed E-state index contributed by atoms with van der Waals surface area (Å²) in [4.78, 5) is 19.9. The highest BCUT2D eigenvalue weighted by Gasteiger charge is 2.14. The third kappa shape index (κ3) is 7.68. The fourth-order valence-electron chi connectivity index (χ4n) is 4.82. The lowest BCUT2D eigenvalue weighted by Crippen LogP contribution is -2.28. The average molecular weight is 538 g/mol. The number of hydrogen-bond acceptors (Lipinski definition) is 6. The summed E-state index contributed by atoms with van der Waals surface area (Å²) in [6, 6.07) is 27.9. The monoisotopic (exact) mass is 537 g/mol. The first-order valence-electron chi connectivity index (χ1n) is 13.6. The Hall–Kier alpha value is -4.20. The first kappa shape index (κ1) is 27.4. The van der Waals surface area contributed by atoms with Crippen molar-refractivity contribution < 1.29 is 19.0 Å². The number of nitrogens with zero attached hydrogens (tertiary/aromatic N) is 2. The van der Waals surface area contributed by atoms with Crippen LogP contribution >= 0.6 is 0 Å². The van der Waals surface area contributed by atoms with Crippen LogP contribution in [-0.2, 0) is 30.8 Å². The molecule has 5 rings (SSSR count). The maximum absolute atomic E-state index is 13.1. The fraction of sp³-hybridized carbons (Fsp3) is 0.273. The summed E-state index contributed by atoms with van der Waals surface area (Å²) in [7, 11) is 1.63. The molecule has 4 aromatic rings. The highest BCUT2D eigenvalue weighted by molar-refractivity contribution is 5.94. The summed E-state index contributed by atoms with van der Waals surface area (Å²) >= 11 is 0. The molecule has 0 saturated carbocycles. The number of fused-ring (bicyclic) bond motifs is 3. The Morgan fingerprint density at radius 1 is 0.950 bits per heavy atom. The van der Waals surface area contributed by atoms with Gasteiger partial charge >= 0.3 is 0 Å². The lowest BCUT2D eigenvalue weighted by atomic mass is 9.99. The molecule has 2 bridgehead atoms. The lowest BCUT2D eigenvalue weighted by molar-refractivity contribution is 0.0754. The van der Waals surface area contributed by atoms with Crippen molar-refractivity contribution in [2.75, 3.05) is 33.5 Å². The van der Waals surface area contributed by atoms with Crippen molar-refractivity contribution in [1.82, 2.24) is 15.2 Å². The van der Waals surface area contributed by atoms with E-state index in [2.05, 4.69) is 45.5 Å². The Kier molecular flexibility index (Phi) is 9.40. The molecular formula is C33H35N3O4. The summed E-state index contributed by atoms with van der Waals surface area (Å²) in [5.41, 5.74) is 5.97. The molecule has 0 unspecified atom stereocenters. The fourth-order valence-corrected chi connectivity index (χ4v) is 4.82. The van der Waals surface area contributed by atoms with Crippen LogP contribution in [0.5, 0.6) is 11.5 Å². The molecule has 0 radical (unpaired) electrons. The summed E-state index contributed by atoms with van der Waals surface area (Å²) in [6.45, 7) is 4.30. The smallest absolute Gasteiger partial charge is 0.251 e. The van der Waals surface area contributed by atoms with Gasteiger partial charge in [-0.2, -0.15) is 0 Å². The minimum absolute atomic E-state index is 0.132. The Bertz CT molecular complexity index is 1410. The van der Waals surface area contributed by atoms with Crippen LogP contribution in [-0.4, -0.2) is 49.3 Å². The Morgan fingerprint density at radius 3 is 2.73 bits per heavy atom. The minimum atomic E-state index is -0.132. The van der Waals surface area contributed by atoms with Gasteiger partial charge in [-0.3, -0.25) is 14.7 Å². The van der Waals surface area contributed by atoms with Gasteiger partial charge in [-0.1, -0.05) is 42.5 Å². The highest BCUT2D eigenvalue weighted by atomic mass is 16.5. The molecule has 0 atom stereocenters. The van der Waals surface area contributed by atoms with Gasteiger partial charge in [0.1, 0.15) is 18.1 Å². The summed E-state index contributed by atoms with van der Waals surface area (Å²) in [6.07, 6.45) is 2.49. The number of amides is 1. The van der Waals surface area contributed by atoms with Crippen LogP contribution in [0.2, 0.25) is 0 Å². The van der Waals surface area contributed by atoms with Gasteiger partial charge in [0.25, 0.3) is 5.91 Å². The Morgan fingerprint density at radius 2 is 1.85 bits per heavy atom. The van der Waals surface area contributed by atoms with Gasteiger partial charge in [0.2, 0.25) is 0 Å². The van der Waals surface area contributed by atoms with Crippen LogP contribution in [0.1, 0.15) is 38.3 Å². The number of methoxy groups -OCH3 is 1. The van der Waals surface area contributed by atoms with Crippen molar-refractivity contribution in [2.45, 2.75) is 26.1 Å². The summed E-state index contributed by atoms with van der Waals surface area (Å²) in [5, 5.41) is 3.02. The molecule has 2 heterocycles. The maximum Gasteiger partial charge on any atom is 0.251 e. The molecule has 40 heavy (non-hydrogen) atoms. The largest absolute Gasteiger partial charge is 0.497 e. The predicted octanol–water partition coefficient (Wildman–Crippen LogP) is 5.02. The van der Waals surface area contributed by atoms with Gasteiger partial charge in [0.05, 0.1) is 26.0 Å². The van der Waals surface area contributed by atoms with E-state index in [9.17, 15) is 4.79 Å². The minimum Gasteiger partial charge on any atom is -0.497 e. The number of carbonyl (C=O) groups is 1. The van der Waals surface area contributed by atoms with Crippen LogP contribution in [0, 0.1) is 0 Å². The Labute approximate surface area is 235 Å². The van der Waals surface area contributed by atoms with Crippen LogP contribution < -0.4 is 14.8 Å². The van der Waals surface area contributed by atoms with E-state index in [1.807, 2.05) is 60.8 Å². The van der Waals surface area contributed by atoms with E-state index in [1.54, 1.807) is 7.11 Å². The van der Waals surface area contributed by atoms with E-state index >= 15 is 0 Å². The number of aromatic nitrogens is 1. The third-order valence-electron chi connectivity index (χ3n) is 6.85.